The van der Waals surface area contributed by atoms with Gasteiger partial charge in [-0.3, -0.25) is 14.4 Å². The van der Waals surface area contributed by atoms with E-state index in [4.69, 9.17) is 9.47 Å². The minimum Gasteiger partial charge on any atom is -0.496 e. The first-order valence-electron chi connectivity index (χ1n) is 16.3. The summed E-state index contributed by atoms with van der Waals surface area (Å²) in [5.41, 5.74) is 3.08. The molecule has 51 heavy (non-hydrogen) atoms. The number of carbonyl (C=O) groups excluding carboxylic acids is 3. The number of likely N-dealkylation sites (tertiary alicyclic amines) is 1. The number of ether oxygens (including phenoxy) is 2. The summed E-state index contributed by atoms with van der Waals surface area (Å²) in [6, 6.07) is 18.7. The van der Waals surface area contributed by atoms with E-state index >= 15 is 0 Å². The standard InChI is InChI=1S/C19H22N4O3.C17H20N4O2.2CH4/c1-13(24)23-9-5-6-14(11-23)19(25)22-18-10-16(20-12-21-18)15-7-3-4-8-17(15)26-2;1-23-15-7-3-2-6-13(15)14-9-16(20-11-19-14)21-17(22)12-5-4-8-18-10-12;;/h3-4,7-8,10,12,14H,5-6,9,11H2,1-2H3,(H,20,21,22,25);2-3,6-7,9,11-12,18H,4-5,8,10H2,1H3,(H,19,20,21,22);2*1H4. The number of nitrogens with zero attached hydrogens (tertiary/aromatic N) is 5. The van der Waals surface area contributed by atoms with E-state index in [1.807, 2.05) is 48.5 Å². The van der Waals surface area contributed by atoms with Crippen LogP contribution in [-0.4, -0.2) is 83.0 Å². The van der Waals surface area contributed by atoms with Gasteiger partial charge in [-0.2, -0.15) is 0 Å². The predicted octanol–water partition coefficient (Wildman–Crippen LogP) is 5.71. The maximum absolute atomic E-state index is 12.6. The van der Waals surface area contributed by atoms with Gasteiger partial charge in [0, 0.05) is 49.8 Å². The van der Waals surface area contributed by atoms with Crippen LogP contribution in [0.4, 0.5) is 11.6 Å². The molecule has 2 atom stereocenters. The van der Waals surface area contributed by atoms with Crippen LogP contribution in [0.15, 0.2) is 73.3 Å². The Bertz CT molecular complexity index is 1750. The third-order valence-electron chi connectivity index (χ3n) is 8.51. The fourth-order valence-electron chi connectivity index (χ4n) is 5.87. The van der Waals surface area contributed by atoms with Crippen molar-refractivity contribution in [2.24, 2.45) is 11.8 Å². The van der Waals surface area contributed by atoms with E-state index in [-0.39, 0.29) is 44.4 Å². The first kappa shape index (κ1) is 40.0. The van der Waals surface area contributed by atoms with Crippen LogP contribution in [0.1, 0.15) is 47.5 Å². The summed E-state index contributed by atoms with van der Waals surface area (Å²) in [6.45, 7) is 4.39. The Balaban J connectivity index is 0.000000267. The summed E-state index contributed by atoms with van der Waals surface area (Å²) in [4.78, 5) is 55.0. The molecular weight excluding hydrogens is 648 g/mol. The minimum atomic E-state index is -0.225. The van der Waals surface area contributed by atoms with Crippen molar-refractivity contribution >= 4 is 29.4 Å². The third kappa shape index (κ3) is 10.8. The zero-order valence-electron chi connectivity index (χ0n) is 28.0. The Hall–Kier alpha value is -5.43. The van der Waals surface area contributed by atoms with Crippen LogP contribution in [0.5, 0.6) is 11.5 Å². The first-order chi connectivity index (χ1) is 23.9. The molecule has 0 bridgehead atoms. The molecule has 3 amide bonds. The van der Waals surface area contributed by atoms with Crippen molar-refractivity contribution < 1.29 is 23.9 Å². The largest absolute Gasteiger partial charge is 0.496 e. The lowest BCUT2D eigenvalue weighted by atomic mass is 9.97. The number of piperidine rings is 2. The highest BCUT2D eigenvalue weighted by molar-refractivity contribution is 5.93. The molecule has 2 aromatic heterocycles. The van der Waals surface area contributed by atoms with Gasteiger partial charge in [-0.05, 0) is 56.5 Å². The van der Waals surface area contributed by atoms with Gasteiger partial charge in [-0.25, -0.2) is 19.9 Å². The molecule has 2 aromatic carbocycles. The van der Waals surface area contributed by atoms with Gasteiger partial charge < -0.3 is 30.3 Å². The van der Waals surface area contributed by atoms with Crippen molar-refractivity contribution in [2.45, 2.75) is 47.5 Å². The van der Waals surface area contributed by atoms with E-state index in [1.54, 1.807) is 31.3 Å². The van der Waals surface area contributed by atoms with Crippen molar-refractivity contribution in [3.8, 4) is 34.0 Å². The maximum Gasteiger partial charge on any atom is 0.230 e. The lowest BCUT2D eigenvalue weighted by Crippen LogP contribution is -2.42. The molecule has 2 unspecified atom stereocenters. The molecule has 0 saturated carbocycles. The number of amides is 3. The minimum absolute atomic E-state index is 0. The molecule has 3 N–H and O–H groups in total. The van der Waals surface area contributed by atoms with E-state index in [2.05, 4.69) is 35.9 Å². The molecule has 13 heteroatoms. The van der Waals surface area contributed by atoms with Crippen molar-refractivity contribution in [1.29, 1.82) is 0 Å². The molecule has 2 aliphatic heterocycles. The summed E-state index contributed by atoms with van der Waals surface area (Å²) in [6.07, 6.45) is 6.39. The van der Waals surface area contributed by atoms with Crippen LogP contribution >= 0.6 is 0 Å². The molecule has 0 radical (unpaired) electrons. The number of hydrogen-bond donors (Lipinski definition) is 3. The van der Waals surface area contributed by atoms with Crippen molar-refractivity contribution in [3.05, 3.63) is 73.3 Å². The van der Waals surface area contributed by atoms with E-state index in [0.717, 1.165) is 61.3 Å². The number of methoxy groups -OCH3 is 2. The second-order valence-corrected chi connectivity index (χ2v) is 11.8. The summed E-state index contributed by atoms with van der Waals surface area (Å²) in [5.74, 6) is 2.03. The van der Waals surface area contributed by atoms with Crippen molar-refractivity contribution in [1.82, 2.24) is 30.2 Å². The summed E-state index contributed by atoms with van der Waals surface area (Å²) in [7, 11) is 3.23. The van der Waals surface area contributed by atoms with Gasteiger partial charge in [0.25, 0.3) is 0 Å². The molecule has 0 aliphatic carbocycles. The number of benzene rings is 2. The number of anilines is 2. The Labute approximate surface area is 300 Å². The second-order valence-electron chi connectivity index (χ2n) is 11.8. The number of para-hydroxylation sites is 2. The Morgan fingerprint density at radius 3 is 1.75 bits per heavy atom. The molecule has 0 spiro atoms. The molecule has 4 heterocycles. The molecule has 2 saturated heterocycles. The molecule has 2 fully saturated rings. The van der Waals surface area contributed by atoms with Gasteiger partial charge in [0.2, 0.25) is 17.7 Å². The van der Waals surface area contributed by atoms with Gasteiger partial charge in [-0.15, -0.1) is 0 Å². The van der Waals surface area contributed by atoms with E-state index in [9.17, 15) is 14.4 Å². The highest BCUT2D eigenvalue weighted by Gasteiger charge is 2.27. The number of hydrogen-bond acceptors (Lipinski definition) is 10. The van der Waals surface area contributed by atoms with Crippen LogP contribution in [0.25, 0.3) is 22.5 Å². The average molecular weight is 699 g/mol. The Morgan fingerprint density at radius 2 is 1.25 bits per heavy atom. The molecule has 2 aliphatic rings. The maximum atomic E-state index is 12.6. The lowest BCUT2D eigenvalue weighted by molar-refractivity contribution is -0.132. The normalized spacial score (nSPS) is 16.5. The number of aromatic nitrogens is 4. The predicted molar refractivity (Wildman–Crippen MR) is 199 cm³/mol. The quantitative estimate of drug-likeness (QED) is 0.208. The van der Waals surface area contributed by atoms with E-state index < -0.39 is 0 Å². The Morgan fingerprint density at radius 1 is 0.745 bits per heavy atom. The zero-order chi connectivity index (χ0) is 34.6. The number of rotatable bonds is 8. The van der Waals surface area contributed by atoms with Gasteiger partial charge in [0.05, 0.1) is 37.4 Å². The fraction of sp³-hybridized carbons (Fsp3) is 0.395. The van der Waals surface area contributed by atoms with Gasteiger partial charge in [0.1, 0.15) is 35.8 Å². The summed E-state index contributed by atoms with van der Waals surface area (Å²) < 4.78 is 10.7. The smallest absolute Gasteiger partial charge is 0.230 e. The third-order valence-corrected chi connectivity index (χ3v) is 8.51. The van der Waals surface area contributed by atoms with Gasteiger partial charge in [0.15, 0.2) is 0 Å². The SMILES string of the molecule is C.C.COc1ccccc1-c1cc(NC(=O)C2CCCN(C(C)=O)C2)ncn1.COc1ccccc1-c1cc(NC(=O)C2CCCNC2)ncn1. The number of nitrogens with one attached hydrogen (secondary N) is 3. The van der Waals surface area contributed by atoms with Crippen LogP contribution in [0, 0.1) is 11.8 Å². The topological polar surface area (TPSA) is 161 Å². The van der Waals surface area contributed by atoms with Gasteiger partial charge >= 0.3 is 0 Å². The number of carbonyl (C=O) groups is 3. The average Bonchev–Trinajstić information content (AvgIpc) is 3.15. The first-order valence-corrected chi connectivity index (χ1v) is 16.3. The van der Waals surface area contributed by atoms with Crippen molar-refractivity contribution in [2.75, 3.05) is 51.0 Å². The van der Waals surface area contributed by atoms with E-state index in [1.165, 1.54) is 19.6 Å². The van der Waals surface area contributed by atoms with Crippen LogP contribution in [-0.2, 0) is 14.4 Å². The summed E-state index contributed by atoms with van der Waals surface area (Å²) in [5, 5.41) is 8.98. The zero-order valence-corrected chi connectivity index (χ0v) is 28.0. The van der Waals surface area contributed by atoms with Crippen molar-refractivity contribution in [3.63, 3.8) is 0 Å². The second kappa shape index (κ2) is 19.7. The molecule has 272 valence electrons. The lowest BCUT2D eigenvalue weighted by Gasteiger charge is -2.31. The van der Waals surface area contributed by atoms with Crippen LogP contribution in [0.3, 0.4) is 0 Å². The summed E-state index contributed by atoms with van der Waals surface area (Å²) >= 11 is 0. The molecule has 4 aromatic rings. The molecule has 13 nitrogen and oxygen atoms in total. The highest BCUT2D eigenvalue weighted by Crippen LogP contribution is 2.30. The molecule has 6 rings (SSSR count). The van der Waals surface area contributed by atoms with Crippen LogP contribution in [0.2, 0.25) is 0 Å². The monoisotopic (exact) mass is 698 g/mol. The highest BCUT2D eigenvalue weighted by atomic mass is 16.5. The van der Waals surface area contributed by atoms with Gasteiger partial charge in [-0.1, -0.05) is 39.1 Å². The Kier molecular flexibility index (Phi) is 15.4. The molecular formula is C38H50N8O5. The van der Waals surface area contributed by atoms with E-state index in [0.29, 0.717) is 36.2 Å². The fourth-order valence-corrected chi connectivity index (χ4v) is 5.87. The van der Waals surface area contributed by atoms with Crippen LogP contribution < -0.4 is 25.4 Å².